The van der Waals surface area contributed by atoms with Crippen LogP contribution in [0, 0.1) is 6.92 Å². The fourth-order valence-corrected chi connectivity index (χ4v) is 2.59. The van der Waals surface area contributed by atoms with Crippen LogP contribution in [0.4, 0.5) is 5.69 Å². The average Bonchev–Trinajstić information content (AvgIpc) is 2.93. The van der Waals surface area contributed by atoms with Gasteiger partial charge < -0.3 is 5.73 Å². The minimum absolute atomic E-state index is 0.708. The molecule has 0 radical (unpaired) electrons. The molecule has 5 nitrogen and oxygen atoms in total. The second-order valence-electron chi connectivity index (χ2n) is 4.99. The molecule has 0 atom stereocenters. The first kappa shape index (κ1) is 11.8. The van der Waals surface area contributed by atoms with Gasteiger partial charge in [0.05, 0.1) is 16.7 Å². The molecule has 4 aromatic rings. The van der Waals surface area contributed by atoms with Crippen molar-refractivity contribution >= 4 is 22.4 Å². The molecule has 102 valence electrons. The van der Waals surface area contributed by atoms with Gasteiger partial charge in [-0.1, -0.05) is 24.3 Å². The molecule has 0 fully saturated rings. The number of para-hydroxylation sites is 2. The van der Waals surface area contributed by atoms with E-state index in [1.165, 1.54) is 0 Å². The van der Waals surface area contributed by atoms with E-state index >= 15 is 0 Å². The third kappa shape index (κ3) is 1.74. The van der Waals surface area contributed by atoms with Gasteiger partial charge in [0.1, 0.15) is 0 Å². The summed E-state index contributed by atoms with van der Waals surface area (Å²) in [4.78, 5) is 4.58. The van der Waals surface area contributed by atoms with Crippen molar-refractivity contribution in [2.24, 2.45) is 0 Å². The Labute approximate surface area is 121 Å². The largest absolute Gasteiger partial charge is 0.399 e. The summed E-state index contributed by atoms with van der Waals surface area (Å²) in [6.07, 6.45) is 0. The summed E-state index contributed by atoms with van der Waals surface area (Å²) < 4.78 is 2.03. The fourth-order valence-electron chi connectivity index (χ4n) is 2.59. The van der Waals surface area contributed by atoms with Gasteiger partial charge in [-0.05, 0) is 31.2 Å². The van der Waals surface area contributed by atoms with Gasteiger partial charge in [-0.15, -0.1) is 10.2 Å². The molecule has 2 heterocycles. The van der Waals surface area contributed by atoms with Crippen molar-refractivity contribution < 1.29 is 0 Å². The third-order valence-corrected chi connectivity index (χ3v) is 3.54. The molecule has 0 saturated heterocycles. The number of hydrogen-bond donors (Lipinski definition) is 1. The Kier molecular flexibility index (Phi) is 2.41. The first-order valence-electron chi connectivity index (χ1n) is 6.70. The van der Waals surface area contributed by atoms with Gasteiger partial charge in [-0.3, -0.25) is 4.40 Å². The Bertz CT molecular complexity index is 971. The number of aryl methyl sites for hydroxylation is 1. The Morgan fingerprint density at radius 2 is 1.86 bits per heavy atom. The normalized spacial score (nSPS) is 11.3. The van der Waals surface area contributed by atoms with E-state index in [0.29, 0.717) is 5.69 Å². The Hall–Kier alpha value is -2.95. The predicted octanol–water partition coefficient (Wildman–Crippen LogP) is 2.84. The van der Waals surface area contributed by atoms with E-state index in [2.05, 4.69) is 15.2 Å². The first-order valence-corrected chi connectivity index (χ1v) is 6.70. The summed E-state index contributed by atoms with van der Waals surface area (Å²) >= 11 is 0. The lowest BCUT2D eigenvalue weighted by Gasteiger charge is -2.06. The summed E-state index contributed by atoms with van der Waals surface area (Å²) in [5.74, 6) is 0.777. The number of fused-ring (bicyclic) bond motifs is 3. The minimum atomic E-state index is 0.708. The zero-order valence-corrected chi connectivity index (χ0v) is 11.5. The Morgan fingerprint density at radius 3 is 2.71 bits per heavy atom. The maximum Gasteiger partial charge on any atom is 0.183 e. The molecule has 0 aliphatic heterocycles. The van der Waals surface area contributed by atoms with E-state index in [-0.39, 0.29) is 0 Å². The summed E-state index contributed by atoms with van der Waals surface area (Å²) in [5, 5.41) is 8.62. The smallest absolute Gasteiger partial charge is 0.183 e. The van der Waals surface area contributed by atoms with Gasteiger partial charge in [0, 0.05) is 11.3 Å². The minimum Gasteiger partial charge on any atom is -0.399 e. The van der Waals surface area contributed by atoms with Crippen molar-refractivity contribution in [3.05, 3.63) is 54.2 Å². The maximum absolute atomic E-state index is 5.88. The number of rotatable bonds is 1. The molecule has 4 rings (SSSR count). The quantitative estimate of drug-likeness (QED) is 0.542. The molecule has 5 heteroatoms. The number of nitrogen functional groups attached to an aromatic ring is 1. The first-order chi connectivity index (χ1) is 10.2. The summed E-state index contributed by atoms with van der Waals surface area (Å²) in [6.45, 7) is 1.94. The molecular weight excluding hydrogens is 262 g/mol. The van der Waals surface area contributed by atoms with Gasteiger partial charge in [0.2, 0.25) is 0 Å². The molecule has 0 aliphatic rings. The number of benzene rings is 2. The van der Waals surface area contributed by atoms with Gasteiger partial charge in [-0.25, -0.2) is 4.98 Å². The van der Waals surface area contributed by atoms with Crippen LogP contribution in [0.15, 0.2) is 48.5 Å². The lowest BCUT2D eigenvalue weighted by Crippen LogP contribution is -1.97. The van der Waals surface area contributed by atoms with Crippen LogP contribution in [0.5, 0.6) is 0 Å². The van der Waals surface area contributed by atoms with E-state index in [1.807, 2.05) is 59.9 Å². The van der Waals surface area contributed by atoms with E-state index in [1.54, 1.807) is 0 Å². The van der Waals surface area contributed by atoms with Crippen LogP contribution in [0.3, 0.4) is 0 Å². The van der Waals surface area contributed by atoms with Crippen LogP contribution >= 0.6 is 0 Å². The second kappa shape index (κ2) is 4.28. The molecule has 0 saturated carbocycles. The SMILES string of the molecule is Cc1nc2ccccc2n2c(-c3cccc(N)c3)nnc12. The molecule has 0 aliphatic carbocycles. The van der Waals surface area contributed by atoms with Crippen LogP contribution in [0.25, 0.3) is 28.1 Å². The van der Waals surface area contributed by atoms with Crippen LogP contribution < -0.4 is 5.73 Å². The fraction of sp³-hybridized carbons (Fsp3) is 0.0625. The lowest BCUT2D eigenvalue weighted by molar-refractivity contribution is 1.11. The van der Waals surface area contributed by atoms with Crippen molar-refractivity contribution in [1.29, 1.82) is 0 Å². The monoisotopic (exact) mass is 275 g/mol. The predicted molar refractivity (Wildman–Crippen MR) is 82.9 cm³/mol. The van der Waals surface area contributed by atoms with Crippen molar-refractivity contribution in [2.45, 2.75) is 6.92 Å². The van der Waals surface area contributed by atoms with E-state index in [0.717, 1.165) is 33.8 Å². The Morgan fingerprint density at radius 1 is 1.00 bits per heavy atom. The average molecular weight is 275 g/mol. The van der Waals surface area contributed by atoms with Crippen molar-refractivity contribution in [2.75, 3.05) is 5.73 Å². The highest BCUT2D eigenvalue weighted by Gasteiger charge is 2.13. The summed E-state index contributed by atoms with van der Waals surface area (Å²) in [7, 11) is 0. The third-order valence-electron chi connectivity index (χ3n) is 3.54. The van der Waals surface area contributed by atoms with Gasteiger partial charge in [0.25, 0.3) is 0 Å². The van der Waals surface area contributed by atoms with Crippen molar-refractivity contribution in [3.63, 3.8) is 0 Å². The second-order valence-corrected chi connectivity index (χ2v) is 4.99. The maximum atomic E-state index is 5.88. The number of aromatic nitrogens is 4. The molecule has 2 aromatic heterocycles. The summed E-state index contributed by atoms with van der Waals surface area (Å²) in [5.41, 5.74) is 11.1. The van der Waals surface area contributed by atoms with Gasteiger partial charge in [0.15, 0.2) is 11.5 Å². The zero-order chi connectivity index (χ0) is 14.4. The Balaban J connectivity index is 2.16. The molecular formula is C16H13N5. The van der Waals surface area contributed by atoms with Gasteiger partial charge >= 0.3 is 0 Å². The topological polar surface area (TPSA) is 69.1 Å². The molecule has 21 heavy (non-hydrogen) atoms. The molecule has 2 N–H and O–H groups in total. The van der Waals surface area contributed by atoms with E-state index in [9.17, 15) is 0 Å². The number of hydrogen-bond acceptors (Lipinski definition) is 4. The van der Waals surface area contributed by atoms with Gasteiger partial charge in [-0.2, -0.15) is 0 Å². The molecule has 0 bridgehead atoms. The molecule has 0 spiro atoms. The molecule has 0 amide bonds. The summed E-state index contributed by atoms with van der Waals surface area (Å²) in [6, 6.07) is 15.6. The van der Waals surface area contributed by atoms with E-state index in [4.69, 9.17) is 5.73 Å². The lowest BCUT2D eigenvalue weighted by atomic mass is 10.2. The number of anilines is 1. The van der Waals surface area contributed by atoms with Crippen LogP contribution in [0.1, 0.15) is 5.69 Å². The number of nitrogens with two attached hydrogens (primary N) is 1. The molecule has 2 aromatic carbocycles. The standard InChI is InChI=1S/C16H13N5/c1-10-15-19-20-16(11-5-4-6-12(17)9-11)21(15)14-8-3-2-7-13(14)18-10/h2-9H,17H2,1H3. The van der Waals surface area contributed by atoms with Crippen molar-refractivity contribution in [1.82, 2.24) is 19.6 Å². The van der Waals surface area contributed by atoms with Crippen LogP contribution in [0.2, 0.25) is 0 Å². The highest BCUT2D eigenvalue weighted by molar-refractivity contribution is 5.81. The highest BCUT2D eigenvalue weighted by Crippen LogP contribution is 2.25. The molecule has 0 unspecified atom stereocenters. The van der Waals surface area contributed by atoms with E-state index < -0.39 is 0 Å². The zero-order valence-electron chi connectivity index (χ0n) is 11.5. The van der Waals surface area contributed by atoms with Crippen molar-refractivity contribution in [3.8, 4) is 11.4 Å². The highest BCUT2D eigenvalue weighted by atomic mass is 15.3. The number of nitrogens with zero attached hydrogens (tertiary/aromatic N) is 4. The van der Waals surface area contributed by atoms with Crippen LogP contribution in [-0.2, 0) is 0 Å². The van der Waals surface area contributed by atoms with Crippen LogP contribution in [-0.4, -0.2) is 19.6 Å².